The van der Waals surface area contributed by atoms with Crippen LogP contribution in [0, 0.1) is 11.3 Å². The van der Waals surface area contributed by atoms with Gasteiger partial charge in [-0.3, -0.25) is 24.2 Å². The normalized spacial score (nSPS) is 31.5. The summed E-state index contributed by atoms with van der Waals surface area (Å²) in [5.74, 6) is -1.89. The first kappa shape index (κ1) is 31.6. The fourth-order valence-corrected chi connectivity index (χ4v) is 6.17. The van der Waals surface area contributed by atoms with Gasteiger partial charge in [0.2, 0.25) is 11.8 Å². The van der Waals surface area contributed by atoms with Crippen LogP contribution < -0.4 is 16.1 Å². The van der Waals surface area contributed by atoms with Gasteiger partial charge in [-0.25, -0.2) is 10.4 Å². The highest BCUT2D eigenvalue weighted by Crippen LogP contribution is 2.39. The number of benzene rings is 1. The van der Waals surface area contributed by atoms with Gasteiger partial charge in [0.1, 0.15) is 24.2 Å². The van der Waals surface area contributed by atoms with Gasteiger partial charge in [0.15, 0.2) is 0 Å². The summed E-state index contributed by atoms with van der Waals surface area (Å²) in [6, 6.07) is 7.07. The molecule has 236 valence electrons. The number of hydrogen-bond acceptors (Lipinski definition) is 8. The van der Waals surface area contributed by atoms with E-state index in [2.05, 4.69) is 16.1 Å². The van der Waals surface area contributed by atoms with Gasteiger partial charge in [-0.05, 0) is 76.0 Å². The topological polar surface area (TPSA) is 150 Å². The first-order valence-electron chi connectivity index (χ1n) is 15.6. The number of aliphatic hydroxyl groups excluding tert-OH is 1. The fourth-order valence-electron chi connectivity index (χ4n) is 6.17. The average Bonchev–Trinajstić information content (AvgIpc) is 3.01. The molecule has 1 aromatic heterocycles. The maximum absolute atomic E-state index is 14.0. The van der Waals surface area contributed by atoms with Gasteiger partial charge in [0.05, 0.1) is 22.7 Å². The van der Waals surface area contributed by atoms with Gasteiger partial charge < -0.3 is 20.5 Å². The lowest BCUT2D eigenvalue weighted by atomic mass is 9.71. The number of cyclic esters (lactones) is 1. The van der Waals surface area contributed by atoms with Crippen molar-refractivity contribution in [2.75, 3.05) is 6.54 Å². The number of carbonyl (C=O) groups is 4. The first-order chi connectivity index (χ1) is 21.0. The molecule has 1 aliphatic carbocycles. The zero-order valence-electron chi connectivity index (χ0n) is 25.8. The Bertz CT molecular complexity index is 1450. The van der Waals surface area contributed by atoms with Gasteiger partial charge in [0, 0.05) is 11.9 Å². The summed E-state index contributed by atoms with van der Waals surface area (Å²) in [4.78, 5) is 58.7. The van der Waals surface area contributed by atoms with Crippen LogP contribution in [-0.2, 0) is 23.9 Å². The summed E-state index contributed by atoms with van der Waals surface area (Å²) >= 11 is 0. The second kappa shape index (κ2) is 13.0. The molecule has 0 radical (unpaired) electrons. The Balaban J connectivity index is 1.53. The Morgan fingerprint density at radius 1 is 1.02 bits per heavy atom. The van der Waals surface area contributed by atoms with E-state index in [4.69, 9.17) is 9.72 Å². The molecule has 4 atom stereocenters. The second-order valence-electron chi connectivity index (χ2n) is 12.7. The largest absolute Gasteiger partial charge is 0.455 e. The molecule has 0 unspecified atom stereocenters. The maximum Gasteiger partial charge on any atom is 0.325 e. The third kappa shape index (κ3) is 6.78. The van der Waals surface area contributed by atoms with Crippen LogP contribution in [0.25, 0.3) is 17.0 Å². The Labute approximate surface area is 257 Å². The highest BCUT2D eigenvalue weighted by Gasteiger charge is 2.42. The Morgan fingerprint density at radius 2 is 1.75 bits per heavy atom. The minimum Gasteiger partial charge on any atom is -0.455 e. The van der Waals surface area contributed by atoms with E-state index in [1.165, 1.54) is 5.01 Å². The van der Waals surface area contributed by atoms with Gasteiger partial charge in [-0.15, -0.1) is 0 Å². The molecule has 1 saturated carbocycles. The van der Waals surface area contributed by atoms with Gasteiger partial charge >= 0.3 is 5.97 Å². The molecule has 1 spiro atoms. The maximum atomic E-state index is 14.0. The fraction of sp³-hybridized carbons (Fsp3) is 0.545. The summed E-state index contributed by atoms with van der Waals surface area (Å²) in [5.41, 5.74) is 4.21. The highest BCUT2D eigenvalue weighted by atomic mass is 16.5. The lowest BCUT2D eigenvalue weighted by molar-refractivity contribution is -0.157. The van der Waals surface area contributed by atoms with E-state index in [1.54, 1.807) is 13.8 Å². The summed E-state index contributed by atoms with van der Waals surface area (Å²) in [7, 11) is 0. The lowest BCUT2D eigenvalue weighted by Crippen LogP contribution is -2.61. The van der Waals surface area contributed by atoms with Crippen LogP contribution in [0.15, 0.2) is 36.4 Å². The number of pyridine rings is 1. The van der Waals surface area contributed by atoms with Crippen molar-refractivity contribution in [2.24, 2.45) is 11.3 Å². The number of nitrogens with one attached hydrogen (secondary N) is 3. The molecular weight excluding hydrogens is 562 g/mol. The number of amides is 3. The van der Waals surface area contributed by atoms with E-state index in [0.717, 1.165) is 10.9 Å². The predicted octanol–water partition coefficient (Wildman–Crippen LogP) is 2.93. The molecular formula is C33H43N5O6. The monoisotopic (exact) mass is 605 g/mol. The standard InChI is InChI=1S/C33H43N5O6/c1-19(2)28-29(40)34-20(3)30(41)38-17-5-6-26(37-38)31(42)44-21(4)25-10-9-23-8-7-22(18-27(23)35-25)11-14-33(32(43)36-28)15-12-24(39)13-16-33/h7-11,14,18-21,24,26,28,37,39H,5-6,12-13,15-17H2,1-4H3,(H,34,40)(H,36,43)/b14-11+/t20-,21+,24?,26-,28-,33?/m0/s1. The molecule has 3 aliphatic rings. The number of aliphatic hydroxyl groups is 1. The van der Waals surface area contributed by atoms with E-state index >= 15 is 0 Å². The molecule has 2 aromatic rings. The zero-order chi connectivity index (χ0) is 31.6. The van der Waals surface area contributed by atoms with Crippen molar-refractivity contribution in [2.45, 2.75) is 96.6 Å². The van der Waals surface area contributed by atoms with Crippen LogP contribution in [-0.4, -0.2) is 69.6 Å². The molecule has 11 heteroatoms. The molecule has 1 aromatic carbocycles. The lowest BCUT2D eigenvalue weighted by Gasteiger charge is -2.37. The number of fused-ring (bicyclic) bond motifs is 4. The van der Waals surface area contributed by atoms with Crippen LogP contribution in [0.3, 0.4) is 0 Å². The van der Waals surface area contributed by atoms with Crippen LogP contribution in [0.4, 0.5) is 0 Å². The molecule has 2 fully saturated rings. The van der Waals surface area contributed by atoms with Crippen molar-refractivity contribution >= 4 is 40.7 Å². The van der Waals surface area contributed by atoms with Crippen LogP contribution in [0.1, 0.15) is 83.6 Å². The van der Waals surface area contributed by atoms with Crippen molar-refractivity contribution < 1.29 is 29.0 Å². The van der Waals surface area contributed by atoms with E-state index in [1.807, 2.05) is 56.3 Å². The number of carbonyl (C=O) groups excluding carboxylic acids is 4. The Morgan fingerprint density at radius 3 is 2.48 bits per heavy atom. The van der Waals surface area contributed by atoms with E-state index in [0.29, 0.717) is 56.3 Å². The minimum absolute atomic E-state index is 0.256. The van der Waals surface area contributed by atoms with Crippen molar-refractivity contribution in [1.82, 2.24) is 26.1 Å². The quantitative estimate of drug-likeness (QED) is 0.363. The molecule has 2 aliphatic heterocycles. The zero-order valence-corrected chi connectivity index (χ0v) is 25.8. The van der Waals surface area contributed by atoms with Gasteiger partial charge in [-0.2, -0.15) is 0 Å². The molecule has 1 saturated heterocycles. The average molecular weight is 606 g/mol. The first-order valence-corrected chi connectivity index (χ1v) is 15.6. The number of ether oxygens (including phenoxy) is 1. The van der Waals surface area contributed by atoms with E-state index in [9.17, 15) is 24.3 Å². The Kier molecular flexibility index (Phi) is 9.36. The summed E-state index contributed by atoms with van der Waals surface area (Å²) in [6.07, 6.45) is 5.53. The van der Waals surface area contributed by atoms with Crippen molar-refractivity contribution in [3.63, 3.8) is 0 Å². The molecule has 5 rings (SSSR count). The number of hydrazine groups is 1. The van der Waals surface area contributed by atoms with Crippen LogP contribution in [0.5, 0.6) is 0 Å². The molecule has 44 heavy (non-hydrogen) atoms. The van der Waals surface area contributed by atoms with Gasteiger partial charge in [0.25, 0.3) is 5.91 Å². The predicted molar refractivity (Wildman–Crippen MR) is 164 cm³/mol. The van der Waals surface area contributed by atoms with E-state index in [-0.39, 0.29) is 11.8 Å². The number of nitrogens with zero attached hydrogens (tertiary/aromatic N) is 2. The van der Waals surface area contributed by atoms with Crippen molar-refractivity contribution in [3.05, 3.63) is 47.7 Å². The third-order valence-electron chi connectivity index (χ3n) is 9.04. The van der Waals surface area contributed by atoms with Crippen molar-refractivity contribution in [1.29, 1.82) is 0 Å². The summed E-state index contributed by atoms with van der Waals surface area (Å²) < 4.78 is 5.78. The number of hydrogen-bond donors (Lipinski definition) is 4. The molecule has 4 N–H and O–H groups in total. The summed E-state index contributed by atoms with van der Waals surface area (Å²) in [6.45, 7) is 7.40. The second-order valence-corrected chi connectivity index (χ2v) is 12.7. The van der Waals surface area contributed by atoms with Gasteiger partial charge in [-0.1, -0.05) is 44.2 Å². The highest BCUT2D eigenvalue weighted by molar-refractivity contribution is 5.94. The molecule has 5 bridgehead atoms. The molecule has 3 amide bonds. The minimum atomic E-state index is -0.924. The molecule has 3 heterocycles. The third-order valence-corrected chi connectivity index (χ3v) is 9.04. The smallest absolute Gasteiger partial charge is 0.325 e. The Hall–Kier alpha value is -3.83. The number of esters is 1. The summed E-state index contributed by atoms with van der Waals surface area (Å²) in [5, 5.41) is 18.3. The van der Waals surface area contributed by atoms with Crippen molar-refractivity contribution in [3.8, 4) is 0 Å². The number of aromatic nitrogens is 1. The van der Waals surface area contributed by atoms with Crippen LogP contribution in [0.2, 0.25) is 0 Å². The molecule has 11 nitrogen and oxygen atoms in total. The van der Waals surface area contributed by atoms with Crippen LogP contribution >= 0.6 is 0 Å². The number of rotatable bonds is 1. The van der Waals surface area contributed by atoms with E-state index < -0.39 is 53.5 Å². The SMILES string of the molecule is CC(C)[C@@H]1NC(=O)C2(/C=C/c3ccc4ccc(nc4c3)[C@@H](C)OC(=O)[C@@H]3CCCN(N3)C(=O)[C@H](C)NC1=O)CCC(O)CC2.